The van der Waals surface area contributed by atoms with Crippen molar-refractivity contribution in [2.45, 2.75) is 45.6 Å². The van der Waals surface area contributed by atoms with Gasteiger partial charge in [0, 0.05) is 5.75 Å². The van der Waals surface area contributed by atoms with E-state index < -0.39 is 11.5 Å². The Morgan fingerprint density at radius 3 is 2.53 bits per heavy atom. The van der Waals surface area contributed by atoms with E-state index >= 15 is 0 Å². The van der Waals surface area contributed by atoms with Crippen molar-refractivity contribution in [3.63, 3.8) is 0 Å². The van der Waals surface area contributed by atoms with Crippen molar-refractivity contribution in [1.82, 2.24) is 5.32 Å². The highest BCUT2D eigenvalue weighted by molar-refractivity contribution is 7.99. The van der Waals surface area contributed by atoms with Crippen molar-refractivity contribution in [2.24, 2.45) is 0 Å². The number of carboxylic acids is 1. The molecule has 3 nitrogen and oxygen atoms in total. The predicted octanol–water partition coefficient (Wildman–Crippen LogP) is 2.36. The molecule has 1 unspecified atom stereocenters. The van der Waals surface area contributed by atoms with E-state index in [-0.39, 0.29) is 0 Å². The highest BCUT2D eigenvalue weighted by Crippen LogP contribution is 2.15. The molecule has 0 radical (unpaired) electrons. The molecule has 0 bridgehead atoms. The SMILES string of the molecule is CCCCCSCC(C)(NCC)C(=O)O. The topological polar surface area (TPSA) is 49.3 Å². The third-order valence-electron chi connectivity index (χ3n) is 2.32. The van der Waals surface area contributed by atoms with Crippen LogP contribution < -0.4 is 5.32 Å². The standard InChI is InChI=1S/C11H23NO2S/c1-4-6-7-8-15-9-11(3,10(13)14)12-5-2/h12H,4-9H2,1-3H3,(H,13,14). The van der Waals surface area contributed by atoms with Crippen LogP contribution in [0.5, 0.6) is 0 Å². The van der Waals surface area contributed by atoms with Crippen LogP contribution >= 0.6 is 11.8 Å². The van der Waals surface area contributed by atoms with E-state index in [1.807, 2.05) is 6.92 Å². The van der Waals surface area contributed by atoms with Crippen LogP contribution in [-0.2, 0) is 4.79 Å². The molecule has 0 aromatic rings. The summed E-state index contributed by atoms with van der Waals surface area (Å²) in [7, 11) is 0. The Kier molecular flexibility index (Phi) is 7.88. The maximum absolute atomic E-state index is 11.1. The minimum atomic E-state index is -0.772. The fraction of sp³-hybridized carbons (Fsp3) is 0.909. The van der Waals surface area contributed by atoms with Crippen molar-refractivity contribution in [3.05, 3.63) is 0 Å². The summed E-state index contributed by atoms with van der Waals surface area (Å²) in [5, 5.41) is 12.1. The van der Waals surface area contributed by atoms with E-state index in [1.165, 1.54) is 19.3 Å². The van der Waals surface area contributed by atoms with Gasteiger partial charge in [-0.05, 0) is 25.6 Å². The Labute approximate surface area is 97.0 Å². The summed E-state index contributed by atoms with van der Waals surface area (Å²) >= 11 is 1.73. The van der Waals surface area contributed by atoms with Crippen LogP contribution in [0.15, 0.2) is 0 Å². The van der Waals surface area contributed by atoms with E-state index in [9.17, 15) is 4.79 Å². The molecule has 0 rings (SSSR count). The highest BCUT2D eigenvalue weighted by Gasteiger charge is 2.31. The molecule has 0 saturated carbocycles. The average molecular weight is 233 g/mol. The van der Waals surface area contributed by atoms with Gasteiger partial charge >= 0.3 is 5.97 Å². The molecule has 0 heterocycles. The number of hydrogen-bond donors (Lipinski definition) is 2. The van der Waals surface area contributed by atoms with Gasteiger partial charge < -0.3 is 10.4 Å². The maximum Gasteiger partial charge on any atom is 0.324 e. The first-order valence-corrected chi connectivity index (χ1v) is 6.78. The first kappa shape index (κ1) is 14.8. The van der Waals surface area contributed by atoms with Crippen molar-refractivity contribution >= 4 is 17.7 Å². The molecular formula is C11H23NO2S. The zero-order valence-electron chi connectivity index (χ0n) is 10.0. The van der Waals surface area contributed by atoms with E-state index in [2.05, 4.69) is 12.2 Å². The zero-order chi connectivity index (χ0) is 11.7. The fourth-order valence-corrected chi connectivity index (χ4v) is 2.50. The molecule has 0 aliphatic heterocycles. The second kappa shape index (κ2) is 7.99. The van der Waals surface area contributed by atoms with Crippen LogP contribution in [0.1, 0.15) is 40.0 Å². The minimum absolute atomic E-state index is 0.639. The molecule has 0 saturated heterocycles. The summed E-state index contributed by atoms with van der Waals surface area (Å²) in [6.45, 7) is 6.55. The van der Waals surface area contributed by atoms with Gasteiger partial charge in [-0.3, -0.25) is 4.79 Å². The highest BCUT2D eigenvalue weighted by atomic mass is 32.2. The van der Waals surface area contributed by atoms with Crippen LogP contribution in [0.3, 0.4) is 0 Å². The number of aliphatic carboxylic acids is 1. The largest absolute Gasteiger partial charge is 0.480 e. The van der Waals surface area contributed by atoms with Gasteiger partial charge in [-0.15, -0.1) is 0 Å². The van der Waals surface area contributed by atoms with Crippen LogP contribution in [0, 0.1) is 0 Å². The second-order valence-corrected chi connectivity index (χ2v) is 5.03. The lowest BCUT2D eigenvalue weighted by Gasteiger charge is -2.25. The summed E-state index contributed by atoms with van der Waals surface area (Å²) in [6.07, 6.45) is 3.63. The quantitative estimate of drug-likeness (QED) is 0.600. The molecule has 4 heteroatoms. The van der Waals surface area contributed by atoms with E-state index in [4.69, 9.17) is 5.11 Å². The third-order valence-corrected chi connectivity index (χ3v) is 3.68. The van der Waals surface area contributed by atoms with E-state index in [0.29, 0.717) is 12.3 Å². The van der Waals surface area contributed by atoms with Crippen LogP contribution in [0.2, 0.25) is 0 Å². The molecule has 1 atom stereocenters. The lowest BCUT2D eigenvalue weighted by molar-refractivity contribution is -0.143. The predicted molar refractivity (Wildman–Crippen MR) is 66.6 cm³/mol. The maximum atomic E-state index is 11.1. The fourth-order valence-electron chi connectivity index (χ4n) is 1.31. The van der Waals surface area contributed by atoms with Gasteiger partial charge in [-0.2, -0.15) is 11.8 Å². The first-order valence-electron chi connectivity index (χ1n) is 5.63. The minimum Gasteiger partial charge on any atom is -0.480 e. The molecule has 0 aromatic heterocycles. The molecule has 15 heavy (non-hydrogen) atoms. The van der Waals surface area contributed by atoms with Gasteiger partial charge in [-0.25, -0.2) is 0 Å². The van der Waals surface area contributed by atoms with E-state index in [0.717, 1.165) is 5.75 Å². The lowest BCUT2D eigenvalue weighted by atomic mass is 10.1. The van der Waals surface area contributed by atoms with Crippen LogP contribution in [-0.4, -0.2) is 34.7 Å². The Balaban J connectivity index is 3.81. The summed E-state index contributed by atoms with van der Waals surface area (Å²) in [5.74, 6) is 0.939. The molecule has 0 aliphatic carbocycles. The number of hydrogen-bond acceptors (Lipinski definition) is 3. The summed E-state index contributed by atoms with van der Waals surface area (Å²) in [5.41, 5.74) is -0.772. The molecule has 90 valence electrons. The van der Waals surface area contributed by atoms with Gasteiger partial charge in [0.2, 0.25) is 0 Å². The van der Waals surface area contributed by atoms with Gasteiger partial charge in [-0.1, -0.05) is 26.7 Å². The Morgan fingerprint density at radius 1 is 1.40 bits per heavy atom. The molecule has 0 aliphatic rings. The third kappa shape index (κ3) is 6.05. The Bertz CT molecular complexity index is 187. The Morgan fingerprint density at radius 2 is 2.07 bits per heavy atom. The Hall–Kier alpha value is -0.220. The zero-order valence-corrected chi connectivity index (χ0v) is 10.8. The number of carboxylic acid groups (broad SMARTS) is 1. The molecular weight excluding hydrogens is 210 g/mol. The average Bonchev–Trinajstić information content (AvgIpc) is 2.18. The molecule has 2 N–H and O–H groups in total. The molecule has 0 aromatic carbocycles. The number of thioether (sulfide) groups is 1. The monoisotopic (exact) mass is 233 g/mol. The van der Waals surface area contributed by atoms with Gasteiger partial charge in [0.25, 0.3) is 0 Å². The van der Waals surface area contributed by atoms with Gasteiger partial charge in [0.05, 0.1) is 0 Å². The first-order chi connectivity index (χ1) is 7.06. The summed E-state index contributed by atoms with van der Waals surface area (Å²) in [6, 6.07) is 0. The molecule has 0 fully saturated rings. The van der Waals surface area contributed by atoms with Crippen molar-refractivity contribution in [3.8, 4) is 0 Å². The normalized spacial score (nSPS) is 14.9. The lowest BCUT2D eigenvalue weighted by Crippen LogP contribution is -2.51. The summed E-state index contributed by atoms with van der Waals surface area (Å²) < 4.78 is 0. The van der Waals surface area contributed by atoms with Crippen LogP contribution in [0.25, 0.3) is 0 Å². The van der Waals surface area contributed by atoms with Gasteiger partial charge in [0.1, 0.15) is 5.54 Å². The van der Waals surface area contributed by atoms with Crippen molar-refractivity contribution in [1.29, 1.82) is 0 Å². The number of nitrogens with one attached hydrogen (secondary N) is 1. The number of likely N-dealkylation sites (N-methyl/N-ethyl adjacent to an activating group) is 1. The molecule has 0 amide bonds. The summed E-state index contributed by atoms with van der Waals surface area (Å²) in [4.78, 5) is 11.1. The van der Waals surface area contributed by atoms with Crippen molar-refractivity contribution < 1.29 is 9.90 Å². The smallest absolute Gasteiger partial charge is 0.324 e. The van der Waals surface area contributed by atoms with E-state index in [1.54, 1.807) is 18.7 Å². The number of unbranched alkanes of at least 4 members (excludes halogenated alkanes) is 2. The number of rotatable bonds is 9. The van der Waals surface area contributed by atoms with Crippen LogP contribution in [0.4, 0.5) is 0 Å². The van der Waals surface area contributed by atoms with Crippen molar-refractivity contribution in [2.75, 3.05) is 18.1 Å². The second-order valence-electron chi connectivity index (χ2n) is 3.93. The van der Waals surface area contributed by atoms with Gasteiger partial charge in [0.15, 0.2) is 0 Å². The number of carbonyl (C=O) groups is 1. The molecule has 0 spiro atoms.